The van der Waals surface area contributed by atoms with E-state index in [1.54, 1.807) is 48.5 Å². The summed E-state index contributed by atoms with van der Waals surface area (Å²) in [6, 6.07) is 13.8. The molecule has 148 valence electrons. The van der Waals surface area contributed by atoms with Crippen molar-refractivity contribution in [2.24, 2.45) is 0 Å². The van der Waals surface area contributed by atoms with Crippen molar-refractivity contribution in [2.75, 3.05) is 5.32 Å². The van der Waals surface area contributed by atoms with Crippen molar-refractivity contribution in [1.82, 2.24) is 10.6 Å². The SMILES string of the molecule is CC(C)NC(=O)c1ccccc1NC(=S)NC(=O)c1cccc(OC(C)C)c1. The highest BCUT2D eigenvalue weighted by Gasteiger charge is 2.14. The van der Waals surface area contributed by atoms with Gasteiger partial charge in [0.2, 0.25) is 0 Å². The molecule has 28 heavy (non-hydrogen) atoms. The fourth-order valence-electron chi connectivity index (χ4n) is 2.44. The molecule has 0 heterocycles. The van der Waals surface area contributed by atoms with Crippen molar-refractivity contribution in [2.45, 2.75) is 39.8 Å². The van der Waals surface area contributed by atoms with E-state index in [4.69, 9.17) is 17.0 Å². The molecule has 0 aromatic heterocycles. The van der Waals surface area contributed by atoms with Crippen LogP contribution in [0.3, 0.4) is 0 Å². The van der Waals surface area contributed by atoms with Crippen LogP contribution in [0.2, 0.25) is 0 Å². The van der Waals surface area contributed by atoms with E-state index in [0.29, 0.717) is 22.6 Å². The summed E-state index contributed by atoms with van der Waals surface area (Å²) in [6.45, 7) is 7.60. The number of thiocarbonyl (C=S) groups is 1. The lowest BCUT2D eigenvalue weighted by atomic mass is 10.1. The Bertz CT molecular complexity index is 865. The van der Waals surface area contributed by atoms with Crippen LogP contribution in [-0.2, 0) is 0 Å². The highest BCUT2D eigenvalue weighted by molar-refractivity contribution is 7.80. The molecule has 7 heteroatoms. The van der Waals surface area contributed by atoms with Crippen LogP contribution in [0, 0.1) is 0 Å². The fourth-order valence-corrected chi connectivity index (χ4v) is 2.64. The van der Waals surface area contributed by atoms with Crippen LogP contribution in [-0.4, -0.2) is 29.1 Å². The number of para-hydroxylation sites is 1. The molecule has 0 saturated heterocycles. The molecule has 0 aliphatic carbocycles. The van der Waals surface area contributed by atoms with Gasteiger partial charge in [0.05, 0.1) is 17.4 Å². The van der Waals surface area contributed by atoms with E-state index >= 15 is 0 Å². The van der Waals surface area contributed by atoms with E-state index in [1.807, 2.05) is 27.7 Å². The summed E-state index contributed by atoms with van der Waals surface area (Å²) in [7, 11) is 0. The zero-order valence-electron chi connectivity index (χ0n) is 16.4. The van der Waals surface area contributed by atoms with Gasteiger partial charge in [-0.1, -0.05) is 18.2 Å². The molecule has 0 atom stereocenters. The van der Waals surface area contributed by atoms with Crippen molar-refractivity contribution in [3.05, 3.63) is 59.7 Å². The van der Waals surface area contributed by atoms with Gasteiger partial charge < -0.3 is 15.4 Å². The third-order valence-corrected chi connectivity index (χ3v) is 3.74. The molecule has 0 spiro atoms. The highest BCUT2D eigenvalue weighted by atomic mass is 32.1. The minimum atomic E-state index is -0.365. The minimum absolute atomic E-state index is 0.00699. The normalized spacial score (nSPS) is 10.5. The average Bonchev–Trinajstić information content (AvgIpc) is 2.61. The first-order valence-electron chi connectivity index (χ1n) is 9.05. The number of nitrogens with one attached hydrogen (secondary N) is 3. The third kappa shape index (κ3) is 6.35. The lowest BCUT2D eigenvalue weighted by Gasteiger charge is -2.15. The van der Waals surface area contributed by atoms with Crippen molar-refractivity contribution in [1.29, 1.82) is 0 Å². The van der Waals surface area contributed by atoms with E-state index in [9.17, 15) is 9.59 Å². The number of carbonyl (C=O) groups excluding carboxylic acids is 2. The van der Waals surface area contributed by atoms with Gasteiger partial charge in [0.1, 0.15) is 5.75 Å². The number of amides is 2. The number of hydrogen-bond acceptors (Lipinski definition) is 4. The first-order chi connectivity index (χ1) is 13.3. The van der Waals surface area contributed by atoms with Gasteiger partial charge in [-0.2, -0.15) is 0 Å². The summed E-state index contributed by atoms with van der Waals surface area (Å²) in [5.74, 6) is 0.0267. The van der Waals surface area contributed by atoms with E-state index in [2.05, 4.69) is 16.0 Å². The molecular weight excluding hydrogens is 374 g/mol. The van der Waals surface area contributed by atoms with E-state index in [-0.39, 0.29) is 29.1 Å². The smallest absolute Gasteiger partial charge is 0.257 e. The second-order valence-corrected chi connectivity index (χ2v) is 7.18. The Morgan fingerprint density at radius 1 is 0.964 bits per heavy atom. The van der Waals surface area contributed by atoms with Gasteiger partial charge in [-0.05, 0) is 70.2 Å². The van der Waals surface area contributed by atoms with Gasteiger partial charge in [-0.3, -0.25) is 14.9 Å². The summed E-state index contributed by atoms with van der Waals surface area (Å²) in [5, 5.41) is 8.49. The van der Waals surface area contributed by atoms with Gasteiger partial charge in [0.15, 0.2) is 5.11 Å². The predicted octanol–water partition coefficient (Wildman–Crippen LogP) is 3.74. The maximum Gasteiger partial charge on any atom is 0.257 e. The third-order valence-electron chi connectivity index (χ3n) is 3.53. The Morgan fingerprint density at radius 3 is 2.36 bits per heavy atom. The van der Waals surface area contributed by atoms with Gasteiger partial charge in [0, 0.05) is 11.6 Å². The Kier molecular flexibility index (Phi) is 7.52. The lowest BCUT2D eigenvalue weighted by molar-refractivity contribution is 0.0942. The molecule has 3 N–H and O–H groups in total. The average molecular weight is 400 g/mol. The minimum Gasteiger partial charge on any atom is -0.491 e. The van der Waals surface area contributed by atoms with Crippen molar-refractivity contribution in [3.63, 3.8) is 0 Å². The van der Waals surface area contributed by atoms with Gasteiger partial charge >= 0.3 is 0 Å². The maximum absolute atomic E-state index is 12.5. The molecular formula is C21H25N3O3S. The first-order valence-corrected chi connectivity index (χ1v) is 9.46. The number of ether oxygens (including phenoxy) is 1. The summed E-state index contributed by atoms with van der Waals surface area (Å²) >= 11 is 5.24. The number of carbonyl (C=O) groups is 2. The zero-order valence-corrected chi connectivity index (χ0v) is 17.2. The molecule has 6 nitrogen and oxygen atoms in total. The zero-order chi connectivity index (χ0) is 20.7. The predicted molar refractivity (Wildman–Crippen MR) is 115 cm³/mol. The first kappa shape index (κ1) is 21.4. The van der Waals surface area contributed by atoms with Crippen LogP contribution in [0.5, 0.6) is 5.75 Å². The molecule has 0 bridgehead atoms. The van der Waals surface area contributed by atoms with Crippen molar-refractivity contribution >= 4 is 34.8 Å². The molecule has 0 aliphatic heterocycles. The van der Waals surface area contributed by atoms with Gasteiger partial charge in [0.25, 0.3) is 11.8 Å². The molecule has 0 fully saturated rings. The van der Waals surface area contributed by atoms with Crippen LogP contribution in [0.1, 0.15) is 48.4 Å². The molecule has 0 radical (unpaired) electrons. The van der Waals surface area contributed by atoms with Crippen LogP contribution in [0.25, 0.3) is 0 Å². The second kappa shape index (κ2) is 9.85. The molecule has 2 rings (SSSR count). The van der Waals surface area contributed by atoms with Crippen molar-refractivity contribution in [3.8, 4) is 5.75 Å². The summed E-state index contributed by atoms with van der Waals surface area (Å²) in [5.41, 5.74) is 1.39. The van der Waals surface area contributed by atoms with Gasteiger partial charge in [-0.25, -0.2) is 0 Å². The Labute approximate surface area is 170 Å². The van der Waals surface area contributed by atoms with E-state index in [0.717, 1.165) is 0 Å². The van der Waals surface area contributed by atoms with E-state index < -0.39 is 0 Å². The topological polar surface area (TPSA) is 79.5 Å². The second-order valence-electron chi connectivity index (χ2n) is 6.78. The standard InChI is InChI=1S/C21H25N3O3S/c1-13(2)22-20(26)17-10-5-6-11-18(17)23-21(28)24-19(25)15-8-7-9-16(12-15)27-14(3)4/h5-14H,1-4H3,(H,22,26)(H2,23,24,25,28). The van der Waals surface area contributed by atoms with Crippen molar-refractivity contribution < 1.29 is 14.3 Å². The van der Waals surface area contributed by atoms with Gasteiger partial charge in [-0.15, -0.1) is 0 Å². The van der Waals surface area contributed by atoms with Crippen LogP contribution < -0.4 is 20.7 Å². The molecule has 2 amide bonds. The van der Waals surface area contributed by atoms with Crippen LogP contribution in [0.4, 0.5) is 5.69 Å². The number of hydrogen-bond donors (Lipinski definition) is 3. The monoisotopic (exact) mass is 399 g/mol. The lowest BCUT2D eigenvalue weighted by Crippen LogP contribution is -2.35. The number of anilines is 1. The molecule has 0 unspecified atom stereocenters. The molecule has 2 aromatic carbocycles. The quantitative estimate of drug-likeness (QED) is 0.645. The Hall–Kier alpha value is -2.93. The summed E-state index contributed by atoms with van der Waals surface area (Å²) in [6.07, 6.45) is 0.00883. The fraction of sp³-hybridized carbons (Fsp3) is 0.286. The van der Waals surface area contributed by atoms with Crippen LogP contribution in [0.15, 0.2) is 48.5 Å². The number of benzene rings is 2. The largest absolute Gasteiger partial charge is 0.491 e. The summed E-state index contributed by atoms with van der Waals surface area (Å²) < 4.78 is 5.61. The Morgan fingerprint density at radius 2 is 1.68 bits per heavy atom. The molecule has 2 aromatic rings. The number of rotatable bonds is 6. The summed E-state index contributed by atoms with van der Waals surface area (Å²) in [4.78, 5) is 24.8. The Balaban J connectivity index is 2.07. The molecule has 0 saturated carbocycles. The van der Waals surface area contributed by atoms with E-state index in [1.165, 1.54) is 0 Å². The van der Waals surface area contributed by atoms with Crippen LogP contribution >= 0.6 is 12.2 Å². The maximum atomic E-state index is 12.5. The molecule has 0 aliphatic rings. The highest BCUT2D eigenvalue weighted by Crippen LogP contribution is 2.16.